The summed E-state index contributed by atoms with van der Waals surface area (Å²) >= 11 is 0. The third kappa shape index (κ3) is 6.30. The number of benzene rings is 1. The second-order valence-corrected chi connectivity index (χ2v) is 8.17. The molecule has 0 aliphatic carbocycles. The first-order chi connectivity index (χ1) is 13.5. The highest BCUT2D eigenvalue weighted by atomic mass is 16.6. The molecule has 0 saturated carbocycles. The van der Waals surface area contributed by atoms with Crippen molar-refractivity contribution in [1.82, 2.24) is 15.5 Å². The van der Waals surface area contributed by atoms with Gasteiger partial charge in [0.2, 0.25) is 5.91 Å². The Morgan fingerprint density at radius 3 is 2.45 bits per heavy atom. The molecule has 2 aromatic rings. The second kappa shape index (κ2) is 9.07. The van der Waals surface area contributed by atoms with Gasteiger partial charge in [-0.15, -0.1) is 0 Å². The van der Waals surface area contributed by atoms with E-state index in [1.54, 1.807) is 45.9 Å². The fraction of sp³-hybridized carbons (Fsp3) is 0.524. The lowest BCUT2D eigenvalue weighted by atomic mass is 10.0. The number of rotatable bonds is 7. The average molecular weight is 403 g/mol. The van der Waals surface area contributed by atoms with E-state index in [4.69, 9.17) is 14.0 Å². The minimum atomic E-state index is -0.741. The number of nitrogens with zero attached hydrogens (tertiary/aromatic N) is 2. The van der Waals surface area contributed by atoms with Gasteiger partial charge in [0.15, 0.2) is 5.82 Å². The van der Waals surface area contributed by atoms with Crippen molar-refractivity contribution in [2.24, 2.45) is 5.92 Å². The van der Waals surface area contributed by atoms with Crippen LogP contribution in [0.4, 0.5) is 0 Å². The summed E-state index contributed by atoms with van der Waals surface area (Å²) in [5.74, 6) is 0.546. The minimum absolute atomic E-state index is 0.0240. The zero-order valence-electron chi connectivity index (χ0n) is 18.0. The molecule has 8 nitrogen and oxygen atoms in total. The van der Waals surface area contributed by atoms with Crippen LogP contribution in [0.3, 0.4) is 0 Å². The SMILES string of the molecule is COc1ccc(-c2nc(C)no2)cc1CC(=O)N[C@H](C(=O)OC(C)(C)C)C(C)C. The molecule has 0 aliphatic heterocycles. The number of carbonyl (C=O) groups is 2. The molecule has 0 bridgehead atoms. The number of carbonyl (C=O) groups excluding carboxylic acids is 2. The van der Waals surface area contributed by atoms with Gasteiger partial charge in [0.25, 0.3) is 5.89 Å². The van der Waals surface area contributed by atoms with Crippen LogP contribution in [0.2, 0.25) is 0 Å². The summed E-state index contributed by atoms with van der Waals surface area (Å²) in [6.45, 7) is 10.8. The first-order valence-corrected chi connectivity index (χ1v) is 9.50. The summed E-state index contributed by atoms with van der Waals surface area (Å²) in [5, 5.41) is 6.57. The van der Waals surface area contributed by atoms with Crippen LogP contribution in [-0.2, 0) is 20.7 Å². The van der Waals surface area contributed by atoms with Gasteiger partial charge in [-0.25, -0.2) is 4.79 Å². The van der Waals surface area contributed by atoms with Crippen molar-refractivity contribution in [3.63, 3.8) is 0 Å². The average Bonchev–Trinajstić information content (AvgIpc) is 3.04. The predicted molar refractivity (Wildman–Crippen MR) is 107 cm³/mol. The van der Waals surface area contributed by atoms with Gasteiger partial charge in [-0.1, -0.05) is 19.0 Å². The molecule has 0 unspecified atom stereocenters. The van der Waals surface area contributed by atoms with E-state index in [-0.39, 0.29) is 18.2 Å². The number of methoxy groups -OCH3 is 1. The molecule has 1 heterocycles. The topological polar surface area (TPSA) is 104 Å². The molecule has 1 amide bonds. The summed E-state index contributed by atoms with van der Waals surface area (Å²) in [6.07, 6.45) is 0.0240. The monoisotopic (exact) mass is 403 g/mol. The fourth-order valence-electron chi connectivity index (χ4n) is 2.72. The van der Waals surface area contributed by atoms with Crippen molar-refractivity contribution < 1.29 is 23.6 Å². The number of aromatic nitrogens is 2. The molecule has 0 aliphatic rings. The van der Waals surface area contributed by atoms with Gasteiger partial charge in [0, 0.05) is 11.1 Å². The van der Waals surface area contributed by atoms with Crippen molar-refractivity contribution in [3.05, 3.63) is 29.6 Å². The largest absolute Gasteiger partial charge is 0.496 e. The maximum atomic E-state index is 12.7. The number of hydrogen-bond acceptors (Lipinski definition) is 7. The lowest BCUT2D eigenvalue weighted by Crippen LogP contribution is -2.47. The van der Waals surface area contributed by atoms with Crippen LogP contribution in [0.1, 0.15) is 46.0 Å². The molecule has 0 fully saturated rings. The van der Waals surface area contributed by atoms with Crippen LogP contribution in [0.15, 0.2) is 22.7 Å². The number of hydrogen-bond donors (Lipinski definition) is 1. The van der Waals surface area contributed by atoms with Crippen LogP contribution in [0, 0.1) is 12.8 Å². The zero-order valence-corrected chi connectivity index (χ0v) is 18.0. The van der Waals surface area contributed by atoms with E-state index < -0.39 is 17.6 Å². The first kappa shape index (κ1) is 22.4. The summed E-state index contributed by atoms with van der Waals surface area (Å²) in [7, 11) is 1.53. The molecule has 1 N–H and O–H groups in total. The molecule has 0 radical (unpaired) electrons. The van der Waals surface area contributed by atoms with Crippen LogP contribution >= 0.6 is 0 Å². The molecule has 0 spiro atoms. The van der Waals surface area contributed by atoms with Crippen molar-refractivity contribution in [2.45, 2.75) is 59.6 Å². The Morgan fingerprint density at radius 2 is 1.93 bits per heavy atom. The van der Waals surface area contributed by atoms with Gasteiger partial charge in [0.1, 0.15) is 17.4 Å². The van der Waals surface area contributed by atoms with E-state index in [1.165, 1.54) is 7.11 Å². The first-order valence-electron chi connectivity index (χ1n) is 9.50. The Balaban J connectivity index is 2.18. The number of ether oxygens (including phenoxy) is 2. The van der Waals surface area contributed by atoms with Crippen molar-refractivity contribution in [2.75, 3.05) is 7.11 Å². The van der Waals surface area contributed by atoms with Crippen LogP contribution in [0.25, 0.3) is 11.5 Å². The van der Waals surface area contributed by atoms with Gasteiger partial charge in [-0.2, -0.15) is 4.98 Å². The molecular weight excluding hydrogens is 374 g/mol. The number of amides is 1. The molecule has 1 atom stereocenters. The van der Waals surface area contributed by atoms with Crippen LogP contribution < -0.4 is 10.1 Å². The summed E-state index contributed by atoms with van der Waals surface area (Å²) < 4.78 is 16.0. The van der Waals surface area contributed by atoms with E-state index in [0.29, 0.717) is 28.6 Å². The molecule has 0 saturated heterocycles. The lowest BCUT2D eigenvalue weighted by molar-refractivity contribution is -0.159. The van der Waals surface area contributed by atoms with E-state index in [1.807, 2.05) is 13.8 Å². The molecule has 2 rings (SSSR count). The third-order valence-electron chi connectivity index (χ3n) is 4.05. The van der Waals surface area contributed by atoms with E-state index in [2.05, 4.69) is 15.5 Å². The van der Waals surface area contributed by atoms with Gasteiger partial charge in [0.05, 0.1) is 13.5 Å². The molecule has 29 heavy (non-hydrogen) atoms. The van der Waals surface area contributed by atoms with E-state index in [9.17, 15) is 9.59 Å². The molecule has 8 heteroatoms. The van der Waals surface area contributed by atoms with Crippen molar-refractivity contribution >= 4 is 11.9 Å². The maximum Gasteiger partial charge on any atom is 0.329 e. The number of aryl methyl sites for hydroxylation is 1. The van der Waals surface area contributed by atoms with Gasteiger partial charge >= 0.3 is 5.97 Å². The normalized spacial score (nSPS) is 12.6. The molecular formula is C21H29N3O5. The Bertz CT molecular complexity index is 867. The minimum Gasteiger partial charge on any atom is -0.496 e. The third-order valence-corrected chi connectivity index (χ3v) is 4.05. The second-order valence-electron chi connectivity index (χ2n) is 8.17. The quantitative estimate of drug-likeness (QED) is 0.709. The standard InChI is InChI=1S/C21H29N3O5/c1-12(2)18(20(26)28-21(4,5)6)23-17(25)11-15-10-14(8-9-16(15)27-7)19-22-13(3)24-29-19/h8-10,12,18H,11H2,1-7H3,(H,23,25)/t18-/m0/s1. The summed E-state index contributed by atoms with van der Waals surface area (Å²) in [6, 6.07) is 4.55. The number of nitrogens with one attached hydrogen (secondary N) is 1. The Hall–Kier alpha value is -2.90. The van der Waals surface area contributed by atoms with Gasteiger partial charge in [-0.3, -0.25) is 4.79 Å². The Morgan fingerprint density at radius 1 is 1.24 bits per heavy atom. The lowest BCUT2D eigenvalue weighted by Gasteiger charge is -2.26. The Kier molecular flexibility index (Phi) is 7.00. The molecule has 158 valence electrons. The smallest absolute Gasteiger partial charge is 0.329 e. The molecule has 1 aromatic carbocycles. The van der Waals surface area contributed by atoms with E-state index >= 15 is 0 Å². The van der Waals surface area contributed by atoms with Crippen molar-refractivity contribution in [1.29, 1.82) is 0 Å². The highest BCUT2D eigenvalue weighted by Crippen LogP contribution is 2.26. The van der Waals surface area contributed by atoms with E-state index in [0.717, 1.165) is 0 Å². The van der Waals surface area contributed by atoms with Gasteiger partial charge in [-0.05, 0) is 51.8 Å². The Labute approximate surface area is 171 Å². The highest BCUT2D eigenvalue weighted by Gasteiger charge is 2.29. The van der Waals surface area contributed by atoms with Crippen LogP contribution in [-0.4, -0.2) is 40.8 Å². The maximum absolute atomic E-state index is 12.7. The van der Waals surface area contributed by atoms with Crippen LogP contribution in [0.5, 0.6) is 5.75 Å². The van der Waals surface area contributed by atoms with Gasteiger partial charge < -0.3 is 19.3 Å². The predicted octanol–water partition coefficient (Wildman–Crippen LogP) is 3.08. The highest BCUT2D eigenvalue weighted by molar-refractivity contribution is 5.86. The number of esters is 1. The fourth-order valence-corrected chi connectivity index (χ4v) is 2.72. The molecule has 1 aromatic heterocycles. The summed E-state index contributed by atoms with van der Waals surface area (Å²) in [4.78, 5) is 29.4. The zero-order chi connectivity index (χ0) is 21.8. The summed E-state index contributed by atoms with van der Waals surface area (Å²) in [5.41, 5.74) is 0.695. The van der Waals surface area contributed by atoms with Crippen molar-refractivity contribution in [3.8, 4) is 17.2 Å².